The minimum atomic E-state index is -0.668. The summed E-state index contributed by atoms with van der Waals surface area (Å²) in [7, 11) is 0. The first-order chi connectivity index (χ1) is 17.0. The molecule has 6 rings (SSSR count). The predicted octanol–water partition coefficient (Wildman–Crippen LogP) is 6.79. The van der Waals surface area contributed by atoms with E-state index in [-0.39, 0.29) is 57.3 Å². The van der Waals surface area contributed by atoms with Crippen molar-refractivity contribution in [1.29, 1.82) is 0 Å². The maximum absolute atomic E-state index is 12.9. The molecule has 1 heterocycles. The first kappa shape index (κ1) is 25.9. The second-order valence-electron chi connectivity index (χ2n) is 16.0. The lowest BCUT2D eigenvalue weighted by Crippen LogP contribution is -2.66. The summed E-state index contributed by atoms with van der Waals surface area (Å²) in [6.07, 6.45) is 10.2. The van der Waals surface area contributed by atoms with E-state index in [1.54, 1.807) is 0 Å². The normalized spacial score (nSPS) is 52.7. The van der Waals surface area contributed by atoms with Crippen LogP contribution in [0, 0.1) is 50.2 Å². The Hall–Kier alpha value is -1.36. The van der Waals surface area contributed by atoms with Gasteiger partial charge in [-0.15, -0.1) is 0 Å². The average Bonchev–Trinajstić information content (AvgIpc) is 3.56. The molecular weight excluding hydrogens is 464 g/mol. The fourth-order valence-corrected chi connectivity index (χ4v) is 11.6. The number of fused-ring (bicyclic) bond motifs is 10. The SMILES string of the molecule is CC(=O)O[C@H]1CC[C@]2(C)[C@H]3[C@@H]4O[C@@H]4[C@]4(C)C(=CC[C@@]5(C(=O)O)CCC(C)(C)C[C@H]54)[C@]3(C)CC[C@H]2C1(C)C. The molecule has 0 bridgehead atoms. The molecule has 1 saturated heterocycles. The van der Waals surface area contributed by atoms with Crippen molar-refractivity contribution in [3.05, 3.63) is 11.6 Å². The van der Waals surface area contributed by atoms with E-state index in [4.69, 9.17) is 9.47 Å². The van der Waals surface area contributed by atoms with Crippen LogP contribution >= 0.6 is 0 Å². The molecule has 1 N–H and O–H groups in total. The summed E-state index contributed by atoms with van der Waals surface area (Å²) in [5.74, 6) is 0.202. The number of carbonyl (C=O) groups is 2. The van der Waals surface area contributed by atoms with Crippen molar-refractivity contribution >= 4 is 11.9 Å². The molecule has 0 aromatic carbocycles. The maximum atomic E-state index is 12.9. The number of ether oxygens (including phenoxy) is 2. The fraction of sp³-hybridized carbons (Fsp3) is 0.875. The summed E-state index contributed by atoms with van der Waals surface area (Å²) in [6.45, 7) is 18.2. The number of carbonyl (C=O) groups excluding carboxylic acids is 1. The van der Waals surface area contributed by atoms with E-state index in [2.05, 4.69) is 54.5 Å². The molecule has 4 saturated carbocycles. The molecule has 0 amide bonds. The Balaban J connectivity index is 1.43. The van der Waals surface area contributed by atoms with Crippen LogP contribution in [0.15, 0.2) is 11.6 Å². The Morgan fingerprint density at radius 1 is 0.973 bits per heavy atom. The molecule has 6 aliphatic rings. The standard InChI is InChI=1S/C32H48O5/c1-18(33)36-22-11-13-29(6)19(28(22,4)5)9-12-30(7)20-10-14-32(26(34)35)16-15-27(2,3)17-21(32)31(20,8)25-23(37-25)24(29)30/h10,19,21-25H,9,11-17H2,1-8H3,(H,34,35)/t19-,21-,22-,23-,24+,25-,29-,30-,31+,32+/m0/s1. The number of epoxide rings is 1. The Bertz CT molecular complexity index is 1070. The van der Waals surface area contributed by atoms with Gasteiger partial charge in [-0.1, -0.05) is 60.1 Å². The van der Waals surface area contributed by atoms with Crippen molar-refractivity contribution < 1.29 is 24.2 Å². The molecule has 0 radical (unpaired) electrons. The van der Waals surface area contributed by atoms with Crippen LogP contribution in [0.4, 0.5) is 0 Å². The Kier molecular flexibility index (Phi) is 5.20. The number of hydrogen-bond acceptors (Lipinski definition) is 4. The molecule has 5 fully saturated rings. The molecule has 0 aromatic heterocycles. The van der Waals surface area contributed by atoms with Crippen LogP contribution < -0.4 is 0 Å². The number of carboxylic acid groups (broad SMARTS) is 1. The second kappa shape index (κ2) is 7.43. The topological polar surface area (TPSA) is 76.1 Å². The van der Waals surface area contributed by atoms with Gasteiger partial charge in [-0.25, -0.2) is 0 Å². The van der Waals surface area contributed by atoms with Gasteiger partial charge in [0.25, 0.3) is 0 Å². The highest BCUT2D eigenvalue weighted by Crippen LogP contribution is 2.78. The van der Waals surface area contributed by atoms with E-state index in [9.17, 15) is 14.7 Å². The van der Waals surface area contributed by atoms with E-state index in [0.29, 0.717) is 18.3 Å². The van der Waals surface area contributed by atoms with Gasteiger partial charge in [-0.05, 0) is 79.4 Å². The first-order valence-corrected chi connectivity index (χ1v) is 14.8. The number of allylic oxidation sites excluding steroid dienone is 1. The van der Waals surface area contributed by atoms with Crippen molar-refractivity contribution in [2.75, 3.05) is 0 Å². The van der Waals surface area contributed by atoms with E-state index in [1.165, 1.54) is 12.5 Å². The van der Waals surface area contributed by atoms with Crippen molar-refractivity contribution in [2.45, 2.75) is 125 Å². The van der Waals surface area contributed by atoms with Gasteiger partial charge in [0.15, 0.2) is 0 Å². The monoisotopic (exact) mass is 512 g/mol. The fourth-order valence-electron chi connectivity index (χ4n) is 11.6. The molecule has 1 aliphatic heterocycles. The summed E-state index contributed by atoms with van der Waals surface area (Å²) in [5.41, 5.74) is 0.799. The summed E-state index contributed by atoms with van der Waals surface area (Å²) in [4.78, 5) is 24.8. The Morgan fingerprint density at radius 2 is 1.68 bits per heavy atom. The number of aliphatic carboxylic acids is 1. The molecule has 0 spiro atoms. The zero-order chi connectivity index (χ0) is 27.0. The molecule has 0 aromatic rings. The van der Waals surface area contributed by atoms with Crippen LogP contribution in [0.25, 0.3) is 0 Å². The first-order valence-electron chi connectivity index (χ1n) is 14.8. The van der Waals surface area contributed by atoms with Crippen LogP contribution in [0.3, 0.4) is 0 Å². The third-order valence-electron chi connectivity index (χ3n) is 13.3. The largest absolute Gasteiger partial charge is 0.481 e. The van der Waals surface area contributed by atoms with E-state index >= 15 is 0 Å². The lowest BCUT2D eigenvalue weighted by Gasteiger charge is -2.68. The molecule has 0 unspecified atom stereocenters. The second-order valence-corrected chi connectivity index (χ2v) is 16.0. The third-order valence-corrected chi connectivity index (χ3v) is 13.3. The van der Waals surface area contributed by atoms with Crippen LogP contribution in [0.1, 0.15) is 107 Å². The van der Waals surface area contributed by atoms with E-state index < -0.39 is 11.4 Å². The van der Waals surface area contributed by atoms with Gasteiger partial charge in [0, 0.05) is 23.7 Å². The van der Waals surface area contributed by atoms with Crippen LogP contribution in [-0.2, 0) is 19.1 Å². The highest BCUT2D eigenvalue weighted by atomic mass is 16.6. The van der Waals surface area contributed by atoms with Crippen molar-refractivity contribution in [3.63, 3.8) is 0 Å². The molecule has 10 atom stereocenters. The number of rotatable bonds is 2. The van der Waals surface area contributed by atoms with Gasteiger partial charge in [-0.3, -0.25) is 9.59 Å². The number of esters is 1. The lowest BCUT2D eigenvalue weighted by atomic mass is 9.34. The van der Waals surface area contributed by atoms with Gasteiger partial charge < -0.3 is 14.6 Å². The van der Waals surface area contributed by atoms with Crippen molar-refractivity contribution in [2.24, 2.45) is 50.2 Å². The number of hydrogen-bond donors (Lipinski definition) is 1. The quantitative estimate of drug-likeness (QED) is 0.250. The van der Waals surface area contributed by atoms with Gasteiger partial charge in [0.05, 0.1) is 17.6 Å². The van der Waals surface area contributed by atoms with Crippen LogP contribution in [0.2, 0.25) is 0 Å². The predicted molar refractivity (Wildman–Crippen MR) is 142 cm³/mol. The van der Waals surface area contributed by atoms with E-state index in [0.717, 1.165) is 44.9 Å². The summed E-state index contributed by atoms with van der Waals surface area (Å²) in [5, 5.41) is 10.6. The summed E-state index contributed by atoms with van der Waals surface area (Å²) < 4.78 is 12.7. The van der Waals surface area contributed by atoms with Crippen molar-refractivity contribution in [3.8, 4) is 0 Å². The average molecular weight is 513 g/mol. The zero-order valence-corrected chi connectivity index (χ0v) is 24.3. The van der Waals surface area contributed by atoms with Gasteiger partial charge in [0.1, 0.15) is 6.10 Å². The van der Waals surface area contributed by atoms with E-state index in [1.807, 2.05) is 0 Å². The molecule has 5 heteroatoms. The zero-order valence-electron chi connectivity index (χ0n) is 24.3. The lowest BCUT2D eigenvalue weighted by molar-refractivity contribution is -0.196. The van der Waals surface area contributed by atoms with Crippen molar-refractivity contribution in [1.82, 2.24) is 0 Å². The van der Waals surface area contributed by atoms with Crippen LogP contribution in [0.5, 0.6) is 0 Å². The van der Waals surface area contributed by atoms with Crippen LogP contribution in [-0.4, -0.2) is 35.4 Å². The molecular formula is C32H48O5. The third kappa shape index (κ3) is 3.13. The maximum Gasteiger partial charge on any atom is 0.310 e. The molecule has 206 valence electrons. The Morgan fingerprint density at radius 3 is 2.32 bits per heavy atom. The minimum absolute atomic E-state index is 0.00820. The van der Waals surface area contributed by atoms with Gasteiger partial charge in [-0.2, -0.15) is 0 Å². The Labute approximate surface area is 223 Å². The highest BCUT2D eigenvalue weighted by Gasteiger charge is 2.78. The smallest absolute Gasteiger partial charge is 0.310 e. The van der Waals surface area contributed by atoms with Gasteiger partial charge >= 0.3 is 11.9 Å². The van der Waals surface area contributed by atoms with Gasteiger partial charge in [0.2, 0.25) is 0 Å². The molecule has 5 aliphatic carbocycles. The number of carboxylic acids is 1. The molecule has 37 heavy (non-hydrogen) atoms. The highest BCUT2D eigenvalue weighted by molar-refractivity contribution is 5.76. The summed E-state index contributed by atoms with van der Waals surface area (Å²) >= 11 is 0. The molecule has 5 nitrogen and oxygen atoms in total. The minimum Gasteiger partial charge on any atom is -0.481 e. The summed E-state index contributed by atoms with van der Waals surface area (Å²) in [6, 6.07) is 0.